The van der Waals surface area contributed by atoms with Gasteiger partial charge in [-0.3, -0.25) is 19.6 Å². The van der Waals surface area contributed by atoms with Crippen molar-refractivity contribution in [1.82, 2.24) is 0 Å². The van der Waals surface area contributed by atoms with E-state index in [2.05, 4.69) is 10.0 Å². The number of non-ortho nitro benzene ring substituents is 1. The average molecular weight is 484 g/mol. The third kappa shape index (κ3) is 5.95. The van der Waals surface area contributed by atoms with Gasteiger partial charge in [-0.15, -0.1) is 0 Å². The quantitative estimate of drug-likeness (QED) is 0.281. The summed E-state index contributed by atoms with van der Waals surface area (Å²) in [7, 11) is -4.25. The van der Waals surface area contributed by atoms with Crippen LogP contribution < -0.4 is 10.0 Å². The summed E-state index contributed by atoms with van der Waals surface area (Å²) in [5, 5.41) is 13.6. The van der Waals surface area contributed by atoms with Gasteiger partial charge < -0.3 is 10.1 Å². The summed E-state index contributed by atoms with van der Waals surface area (Å²) < 4.78 is 32.8. The minimum Gasteiger partial charge on any atom is -0.452 e. The molecule has 3 aromatic rings. The number of esters is 1. The zero-order chi connectivity index (χ0) is 24.9. The second kappa shape index (κ2) is 10.1. The number of rotatable bonds is 8. The van der Waals surface area contributed by atoms with Gasteiger partial charge in [-0.1, -0.05) is 35.9 Å². The molecule has 176 valence electrons. The molecule has 3 rings (SSSR count). The number of amides is 1. The first kappa shape index (κ1) is 24.4. The van der Waals surface area contributed by atoms with E-state index < -0.39 is 39.1 Å². The van der Waals surface area contributed by atoms with Crippen molar-refractivity contribution in [3.8, 4) is 0 Å². The minimum atomic E-state index is -4.25. The summed E-state index contributed by atoms with van der Waals surface area (Å²) in [4.78, 5) is 34.7. The Bertz CT molecular complexity index is 1370. The van der Waals surface area contributed by atoms with Crippen molar-refractivity contribution in [2.45, 2.75) is 18.7 Å². The third-order valence-electron chi connectivity index (χ3n) is 4.72. The number of benzene rings is 3. The number of hydrogen-bond donors (Lipinski definition) is 2. The fraction of sp³-hybridized carbons (Fsp3) is 0.130. The molecule has 2 N–H and O–H groups in total. The Morgan fingerprint density at radius 3 is 2.41 bits per heavy atom. The highest BCUT2D eigenvalue weighted by Crippen LogP contribution is 2.23. The van der Waals surface area contributed by atoms with Crippen molar-refractivity contribution in [2.75, 3.05) is 16.6 Å². The first-order valence-corrected chi connectivity index (χ1v) is 11.5. The number of nitro benzene ring substituents is 1. The normalized spacial score (nSPS) is 10.9. The molecule has 0 bridgehead atoms. The van der Waals surface area contributed by atoms with Crippen molar-refractivity contribution in [2.24, 2.45) is 0 Å². The lowest BCUT2D eigenvalue weighted by molar-refractivity contribution is -0.385. The second-order valence-electron chi connectivity index (χ2n) is 7.35. The average Bonchev–Trinajstić information content (AvgIpc) is 2.79. The highest BCUT2D eigenvalue weighted by Gasteiger charge is 2.22. The number of nitro groups is 1. The smallest absolute Gasteiger partial charge is 0.340 e. The predicted octanol–water partition coefficient (Wildman–Crippen LogP) is 3.81. The zero-order valence-corrected chi connectivity index (χ0v) is 19.1. The fourth-order valence-corrected chi connectivity index (χ4v) is 4.19. The lowest BCUT2D eigenvalue weighted by atomic mass is 10.1. The van der Waals surface area contributed by atoms with Crippen LogP contribution in [0.1, 0.15) is 21.5 Å². The molecule has 10 nitrogen and oxygen atoms in total. The number of carbonyl (C=O) groups excluding carboxylic acids is 2. The maximum Gasteiger partial charge on any atom is 0.340 e. The lowest BCUT2D eigenvalue weighted by Gasteiger charge is -2.13. The standard InChI is InChI=1S/C23H21N3O7S/c1-15-10-11-20(16(2)12-15)24-22(27)14-33-23(28)19-8-3-4-9-21(19)25-34(31,32)18-7-5-6-17(13-18)26(29)30/h3-13,25H,14H2,1-2H3,(H,24,27). The molecular weight excluding hydrogens is 462 g/mol. The molecule has 34 heavy (non-hydrogen) atoms. The maximum absolute atomic E-state index is 12.7. The highest BCUT2D eigenvalue weighted by atomic mass is 32.2. The summed E-state index contributed by atoms with van der Waals surface area (Å²) in [6.45, 7) is 3.17. The van der Waals surface area contributed by atoms with Gasteiger partial charge in [-0.2, -0.15) is 0 Å². The van der Waals surface area contributed by atoms with Crippen LogP contribution in [-0.2, 0) is 19.6 Å². The Morgan fingerprint density at radius 1 is 0.971 bits per heavy atom. The first-order chi connectivity index (χ1) is 16.1. The number of nitrogens with zero attached hydrogens (tertiary/aromatic N) is 1. The Morgan fingerprint density at radius 2 is 1.71 bits per heavy atom. The number of aryl methyl sites for hydroxylation is 2. The van der Waals surface area contributed by atoms with E-state index in [1.807, 2.05) is 26.0 Å². The SMILES string of the molecule is Cc1ccc(NC(=O)COC(=O)c2ccccc2NS(=O)(=O)c2cccc([N+](=O)[O-])c2)c(C)c1. The number of hydrogen-bond acceptors (Lipinski definition) is 7. The van der Waals surface area contributed by atoms with Crippen molar-refractivity contribution in [1.29, 1.82) is 0 Å². The number of nitrogens with one attached hydrogen (secondary N) is 2. The Balaban J connectivity index is 1.72. The molecule has 0 aliphatic rings. The van der Waals surface area contributed by atoms with E-state index in [0.717, 1.165) is 23.3 Å². The summed E-state index contributed by atoms with van der Waals surface area (Å²) in [5.74, 6) is -1.48. The lowest BCUT2D eigenvalue weighted by Crippen LogP contribution is -2.22. The van der Waals surface area contributed by atoms with Gasteiger partial charge >= 0.3 is 5.97 Å². The van der Waals surface area contributed by atoms with Crippen molar-refractivity contribution in [3.63, 3.8) is 0 Å². The molecule has 0 radical (unpaired) electrons. The van der Waals surface area contributed by atoms with E-state index in [0.29, 0.717) is 5.69 Å². The van der Waals surface area contributed by atoms with Crippen LogP contribution in [0.15, 0.2) is 71.6 Å². The van der Waals surface area contributed by atoms with Crippen LogP contribution in [0.5, 0.6) is 0 Å². The van der Waals surface area contributed by atoms with Crippen molar-refractivity contribution < 1.29 is 27.7 Å². The molecule has 0 heterocycles. The van der Waals surface area contributed by atoms with Gasteiger partial charge in [0.05, 0.1) is 21.1 Å². The second-order valence-corrected chi connectivity index (χ2v) is 9.03. The van der Waals surface area contributed by atoms with Crippen LogP contribution in [0, 0.1) is 24.0 Å². The molecule has 1 amide bonds. The van der Waals surface area contributed by atoms with Gasteiger partial charge in [0.25, 0.3) is 21.6 Å². The van der Waals surface area contributed by atoms with E-state index in [9.17, 15) is 28.1 Å². The number of sulfonamides is 1. The van der Waals surface area contributed by atoms with Gasteiger partial charge in [0, 0.05) is 17.8 Å². The zero-order valence-electron chi connectivity index (χ0n) is 18.3. The van der Waals surface area contributed by atoms with Crippen LogP contribution in [0.3, 0.4) is 0 Å². The topological polar surface area (TPSA) is 145 Å². The molecule has 11 heteroatoms. The molecular formula is C23H21N3O7S. The fourth-order valence-electron chi connectivity index (χ4n) is 3.07. The Kier molecular flexibility index (Phi) is 7.27. The van der Waals surface area contributed by atoms with Gasteiger partial charge in [0.1, 0.15) is 0 Å². The summed E-state index contributed by atoms with van der Waals surface area (Å²) >= 11 is 0. The Hall–Kier alpha value is -4.25. The van der Waals surface area contributed by atoms with Gasteiger partial charge in [-0.25, -0.2) is 13.2 Å². The van der Waals surface area contributed by atoms with E-state index in [-0.39, 0.29) is 16.1 Å². The maximum atomic E-state index is 12.7. The van der Waals surface area contributed by atoms with Crippen LogP contribution in [0.25, 0.3) is 0 Å². The van der Waals surface area contributed by atoms with Crippen LogP contribution >= 0.6 is 0 Å². The summed E-state index contributed by atoms with van der Waals surface area (Å²) in [6, 6.07) is 15.6. The van der Waals surface area contributed by atoms with Crippen LogP contribution in [-0.4, -0.2) is 31.8 Å². The van der Waals surface area contributed by atoms with Gasteiger partial charge in [-0.05, 0) is 43.7 Å². The monoisotopic (exact) mass is 483 g/mol. The van der Waals surface area contributed by atoms with E-state index >= 15 is 0 Å². The molecule has 0 spiro atoms. The molecule has 0 saturated heterocycles. The third-order valence-corrected chi connectivity index (χ3v) is 6.08. The molecule has 3 aromatic carbocycles. The van der Waals surface area contributed by atoms with E-state index in [4.69, 9.17) is 4.74 Å². The van der Waals surface area contributed by atoms with E-state index in [1.165, 1.54) is 36.4 Å². The van der Waals surface area contributed by atoms with Crippen LogP contribution in [0.4, 0.5) is 17.1 Å². The molecule has 0 aliphatic heterocycles. The molecule has 0 atom stereocenters. The van der Waals surface area contributed by atoms with Gasteiger partial charge in [0.15, 0.2) is 6.61 Å². The van der Waals surface area contributed by atoms with Crippen molar-refractivity contribution in [3.05, 3.63) is 93.5 Å². The summed E-state index contributed by atoms with van der Waals surface area (Å²) in [6.07, 6.45) is 0. The predicted molar refractivity (Wildman–Crippen MR) is 125 cm³/mol. The number of para-hydroxylation sites is 1. The minimum absolute atomic E-state index is 0.103. The first-order valence-electron chi connectivity index (χ1n) is 9.97. The number of anilines is 2. The van der Waals surface area contributed by atoms with Crippen molar-refractivity contribution >= 4 is 39.0 Å². The summed E-state index contributed by atoms with van der Waals surface area (Å²) in [5.41, 5.74) is 1.83. The molecule has 0 fully saturated rings. The van der Waals surface area contributed by atoms with E-state index in [1.54, 1.807) is 6.07 Å². The molecule has 0 aromatic heterocycles. The van der Waals surface area contributed by atoms with Crippen LogP contribution in [0.2, 0.25) is 0 Å². The Labute approximate surface area is 195 Å². The largest absolute Gasteiger partial charge is 0.452 e. The highest BCUT2D eigenvalue weighted by molar-refractivity contribution is 7.92. The number of ether oxygens (including phenoxy) is 1. The molecule has 0 saturated carbocycles. The van der Waals surface area contributed by atoms with Gasteiger partial charge in [0.2, 0.25) is 0 Å². The molecule has 0 unspecified atom stereocenters. The number of carbonyl (C=O) groups is 2. The molecule has 0 aliphatic carbocycles.